The van der Waals surface area contributed by atoms with Crippen molar-refractivity contribution in [2.75, 3.05) is 26.2 Å². The van der Waals surface area contributed by atoms with Crippen LogP contribution >= 0.6 is 22.9 Å². The van der Waals surface area contributed by atoms with E-state index in [1.54, 1.807) is 29.5 Å². The maximum Gasteiger partial charge on any atom is 0.405 e. The minimum Gasteiger partial charge on any atom is -0.508 e. The van der Waals surface area contributed by atoms with E-state index >= 15 is 0 Å². The maximum atomic E-state index is 13.6. The number of carbonyl (C=O) groups excluding carboxylic acids is 2. The van der Waals surface area contributed by atoms with Crippen LogP contribution in [0.1, 0.15) is 111 Å². The third kappa shape index (κ3) is 11.4. The Bertz CT molecular complexity index is 3180. The van der Waals surface area contributed by atoms with E-state index in [2.05, 4.69) is 68.7 Å². The van der Waals surface area contributed by atoms with Crippen molar-refractivity contribution in [1.29, 1.82) is 0 Å². The molecule has 5 heterocycles. The molecule has 73 heavy (non-hydrogen) atoms. The summed E-state index contributed by atoms with van der Waals surface area (Å²) in [6, 6.07) is 25.7. The maximum absolute atomic E-state index is 13.6. The molecule has 380 valence electrons. The van der Waals surface area contributed by atoms with E-state index in [0.717, 1.165) is 83.3 Å². The molecule has 0 unspecified atom stereocenters. The monoisotopic (exact) mass is 1030 g/mol. The van der Waals surface area contributed by atoms with Crippen LogP contribution in [0.4, 0.5) is 13.2 Å². The van der Waals surface area contributed by atoms with Crippen molar-refractivity contribution in [3.05, 3.63) is 151 Å². The number of fused-ring (bicyclic) bond motifs is 3. The highest BCUT2D eigenvalue weighted by molar-refractivity contribution is 7.15. The summed E-state index contributed by atoms with van der Waals surface area (Å²) in [4.78, 5) is 35.5. The quantitative estimate of drug-likeness (QED) is 0.0779. The van der Waals surface area contributed by atoms with E-state index in [4.69, 9.17) is 16.6 Å². The average Bonchev–Trinajstić information content (AvgIpc) is 4.02. The predicted octanol–water partition coefficient (Wildman–Crippen LogP) is 10.1. The number of alkyl halides is 3. The van der Waals surface area contributed by atoms with Gasteiger partial charge in [0.25, 0.3) is 5.91 Å². The summed E-state index contributed by atoms with van der Waals surface area (Å²) in [5.74, 6) is -0.336. The molecule has 2 amide bonds. The van der Waals surface area contributed by atoms with Crippen LogP contribution in [0.15, 0.2) is 89.9 Å². The highest BCUT2D eigenvalue weighted by Crippen LogP contribution is 2.41. The number of phenols is 2. The summed E-state index contributed by atoms with van der Waals surface area (Å²) in [6.45, 7) is 11.4. The number of nitrogens with zero attached hydrogens (tertiary/aromatic N) is 8. The Morgan fingerprint density at radius 3 is 2.21 bits per heavy atom. The van der Waals surface area contributed by atoms with Crippen molar-refractivity contribution in [2.24, 2.45) is 10.9 Å². The minimum atomic E-state index is -4.64. The lowest BCUT2D eigenvalue weighted by Crippen LogP contribution is -2.35. The second-order valence-corrected chi connectivity index (χ2v) is 20.8. The van der Waals surface area contributed by atoms with Crippen molar-refractivity contribution in [3.63, 3.8) is 0 Å². The summed E-state index contributed by atoms with van der Waals surface area (Å²) in [6.07, 6.45) is -1.04. The molecule has 1 saturated heterocycles. The molecule has 0 aliphatic carbocycles. The van der Waals surface area contributed by atoms with Crippen molar-refractivity contribution in [3.8, 4) is 33.6 Å². The van der Waals surface area contributed by atoms with Gasteiger partial charge >= 0.3 is 6.18 Å². The van der Waals surface area contributed by atoms with Gasteiger partial charge in [-0.25, -0.2) is 0 Å². The molecule has 14 nitrogen and oxygen atoms in total. The number of carbonyl (C=O) groups is 2. The molecular formula is C54H56ClF3N10O4S. The van der Waals surface area contributed by atoms with Crippen LogP contribution in [0, 0.1) is 26.7 Å². The van der Waals surface area contributed by atoms with E-state index in [0.29, 0.717) is 41.0 Å². The van der Waals surface area contributed by atoms with Crippen molar-refractivity contribution in [2.45, 2.75) is 91.4 Å². The Morgan fingerprint density at radius 1 is 0.836 bits per heavy atom. The summed E-state index contributed by atoms with van der Waals surface area (Å²) < 4.78 is 42.6. The van der Waals surface area contributed by atoms with E-state index in [1.165, 1.54) is 21.1 Å². The fourth-order valence-electron chi connectivity index (χ4n) is 9.60. The first-order valence-electron chi connectivity index (χ1n) is 24.3. The summed E-state index contributed by atoms with van der Waals surface area (Å²) in [5.41, 5.74) is 8.35. The number of benzene rings is 4. The van der Waals surface area contributed by atoms with E-state index in [-0.39, 0.29) is 47.0 Å². The van der Waals surface area contributed by atoms with Crippen molar-refractivity contribution >= 4 is 40.5 Å². The van der Waals surface area contributed by atoms with Gasteiger partial charge < -0.3 is 20.8 Å². The number of rotatable bonds is 15. The predicted molar refractivity (Wildman–Crippen MR) is 275 cm³/mol. The van der Waals surface area contributed by atoms with E-state index in [1.807, 2.05) is 67.1 Å². The molecule has 7 aromatic rings. The van der Waals surface area contributed by atoms with Gasteiger partial charge in [0.15, 0.2) is 11.6 Å². The molecule has 1 fully saturated rings. The van der Waals surface area contributed by atoms with Gasteiger partial charge in [-0.15, -0.1) is 31.7 Å². The highest BCUT2D eigenvalue weighted by Gasteiger charge is 2.34. The molecule has 4 N–H and O–H groups in total. The zero-order valence-electron chi connectivity index (χ0n) is 41.1. The molecular weight excluding hydrogens is 977 g/mol. The number of phenolic OH excluding ortho intramolecular Hbond substituents is 2. The summed E-state index contributed by atoms with van der Waals surface area (Å²) in [7, 11) is 0. The fraction of sp³-hybridized carbons (Fsp3) is 0.352. The molecule has 9 rings (SSSR count). The number of hydrogen-bond acceptors (Lipinski definition) is 11. The number of nitrogens with one attached hydrogen (secondary N) is 2. The molecule has 0 bridgehead atoms. The van der Waals surface area contributed by atoms with Crippen LogP contribution < -0.4 is 10.6 Å². The molecule has 4 aromatic carbocycles. The molecule has 2 aliphatic heterocycles. The number of aromatic hydroxyl groups is 2. The van der Waals surface area contributed by atoms with E-state index < -0.39 is 24.7 Å². The van der Waals surface area contributed by atoms with Crippen LogP contribution in [0.3, 0.4) is 0 Å². The topological polar surface area (TPSA) is 176 Å². The number of piperidine rings is 1. The Kier molecular flexibility index (Phi) is 14.9. The lowest BCUT2D eigenvalue weighted by atomic mass is 9.90. The summed E-state index contributed by atoms with van der Waals surface area (Å²) >= 11 is 7.94. The lowest BCUT2D eigenvalue weighted by Gasteiger charge is -2.32. The molecule has 0 spiro atoms. The molecule has 0 saturated carbocycles. The normalized spacial score (nSPS) is 15.2. The van der Waals surface area contributed by atoms with Gasteiger partial charge in [-0.2, -0.15) is 13.2 Å². The fourth-order valence-corrected chi connectivity index (χ4v) is 10.9. The number of halogens is 4. The number of thiophene rings is 1. The third-order valence-corrected chi connectivity index (χ3v) is 15.1. The standard InChI is InChI=1S/C54H56ClF3N10O4S/c1-30(2)41-25-42(45(70)27-44(41)69)49-63-65-51(52(72)60-29-54(56,57)58)68(49)40-16-10-35(11-17-40)24-36-19-22-66(23-20-36)28-37-8-6-34(7-9-37)18-21-59-46(71)26-43-50-64-62-33(5)67(50)53-47(31(3)32(4)73-53)48(61-43)38-12-14-39(55)15-13-38/h6-17,25,27,30,36,43,69-70H,18-24,26,28-29H2,1-5H3,(H,59,71)(H,60,72)/t43-/m0/s1. The van der Waals surface area contributed by atoms with Crippen LogP contribution in [0.5, 0.6) is 11.5 Å². The zero-order valence-corrected chi connectivity index (χ0v) is 42.7. The first-order chi connectivity index (χ1) is 34.9. The highest BCUT2D eigenvalue weighted by atomic mass is 35.5. The number of likely N-dealkylation sites (tertiary alicyclic amines) is 1. The third-order valence-electron chi connectivity index (χ3n) is 13.7. The first kappa shape index (κ1) is 51.0. The largest absolute Gasteiger partial charge is 0.508 e. The second kappa shape index (κ2) is 21.3. The Morgan fingerprint density at radius 2 is 1.52 bits per heavy atom. The van der Waals surface area contributed by atoms with Crippen molar-refractivity contribution in [1.82, 2.24) is 45.1 Å². The molecule has 1 atom stereocenters. The van der Waals surface area contributed by atoms with Gasteiger partial charge in [0.2, 0.25) is 11.7 Å². The molecule has 19 heteroatoms. The van der Waals surface area contributed by atoms with Gasteiger partial charge in [-0.1, -0.05) is 74.0 Å². The van der Waals surface area contributed by atoms with Crippen LogP contribution in [-0.2, 0) is 24.2 Å². The van der Waals surface area contributed by atoms with Crippen molar-refractivity contribution < 1.29 is 33.0 Å². The Hall–Kier alpha value is -6.89. The van der Waals surface area contributed by atoms with Gasteiger partial charge in [0, 0.05) is 45.9 Å². The van der Waals surface area contributed by atoms with Crippen LogP contribution in [0.2, 0.25) is 5.02 Å². The average molecular weight is 1030 g/mol. The Balaban J connectivity index is 0.783. The number of amides is 2. The van der Waals surface area contributed by atoms with Crippen LogP contribution in [0.25, 0.3) is 22.1 Å². The number of hydrogen-bond donors (Lipinski definition) is 4. The number of aryl methyl sites for hydroxylation is 2. The zero-order chi connectivity index (χ0) is 51.7. The smallest absolute Gasteiger partial charge is 0.405 e. The number of aromatic nitrogens is 6. The lowest BCUT2D eigenvalue weighted by molar-refractivity contribution is -0.123. The Labute approximate surface area is 430 Å². The number of aliphatic imine (C=N–C) groups is 1. The molecule has 0 radical (unpaired) electrons. The van der Waals surface area contributed by atoms with Gasteiger partial charge in [0.05, 0.1) is 17.7 Å². The van der Waals surface area contributed by atoms with E-state index in [9.17, 15) is 33.0 Å². The first-order valence-corrected chi connectivity index (χ1v) is 25.5. The minimum absolute atomic E-state index is 0.0307. The summed E-state index contributed by atoms with van der Waals surface area (Å²) in [5, 5.41) is 45.0. The van der Waals surface area contributed by atoms with Gasteiger partial charge in [-0.05, 0) is 130 Å². The van der Waals surface area contributed by atoms with Gasteiger partial charge in [-0.3, -0.25) is 28.6 Å². The molecule has 2 aliphatic rings. The van der Waals surface area contributed by atoms with Gasteiger partial charge in [0.1, 0.15) is 34.9 Å². The second-order valence-electron chi connectivity index (χ2n) is 19.2. The SMILES string of the molecule is Cc1sc2c(c1C)C(c1ccc(Cl)cc1)=N[C@@H](CC(=O)NCCc1ccc(CN3CCC(Cc4ccc(-n5c(C(=O)NCC(F)(F)F)nnc5-c5cc(C(C)C)c(O)cc5O)cc4)CC3)cc1)c1nnc(C)n1-2. The van der Waals surface area contributed by atoms with Crippen LogP contribution in [-0.4, -0.2) is 94.5 Å². The molecule has 3 aromatic heterocycles.